The lowest BCUT2D eigenvalue weighted by atomic mass is 10.1. The third kappa shape index (κ3) is 3.20. The van der Waals surface area contributed by atoms with E-state index in [1.54, 1.807) is 19.9 Å². The van der Waals surface area contributed by atoms with Crippen molar-refractivity contribution in [2.75, 3.05) is 5.32 Å². The van der Waals surface area contributed by atoms with Gasteiger partial charge in [-0.05, 0) is 37.6 Å². The maximum atomic E-state index is 12.2. The van der Waals surface area contributed by atoms with E-state index in [-0.39, 0.29) is 16.1 Å². The van der Waals surface area contributed by atoms with Crippen molar-refractivity contribution in [3.8, 4) is 0 Å². The Hall–Kier alpha value is -1.56. The Kier molecular flexibility index (Phi) is 4.56. The molecule has 4 nitrogen and oxygen atoms in total. The number of aryl methyl sites for hydroxylation is 1. The smallest absolute Gasteiger partial charge is 0.338 e. The van der Waals surface area contributed by atoms with Gasteiger partial charge >= 0.3 is 5.97 Å². The van der Waals surface area contributed by atoms with E-state index in [0.717, 1.165) is 4.88 Å². The van der Waals surface area contributed by atoms with Crippen LogP contribution in [0.25, 0.3) is 0 Å². The highest BCUT2D eigenvalue weighted by Gasteiger charge is 2.21. The second kappa shape index (κ2) is 6.05. The monoisotopic (exact) mass is 343 g/mol. The number of benzene rings is 1. The lowest BCUT2D eigenvalue weighted by Crippen LogP contribution is -2.14. The van der Waals surface area contributed by atoms with Gasteiger partial charge in [0.15, 0.2) is 0 Å². The molecule has 0 saturated carbocycles. The number of thiophene rings is 1. The van der Waals surface area contributed by atoms with Gasteiger partial charge in [-0.2, -0.15) is 0 Å². The van der Waals surface area contributed by atoms with Gasteiger partial charge in [-0.1, -0.05) is 23.2 Å². The van der Waals surface area contributed by atoms with Gasteiger partial charge < -0.3 is 10.4 Å². The average Bonchev–Trinajstić information content (AvgIpc) is 2.64. The van der Waals surface area contributed by atoms with Crippen molar-refractivity contribution in [3.63, 3.8) is 0 Å². The molecule has 1 heterocycles. The number of rotatable bonds is 3. The molecule has 1 amide bonds. The van der Waals surface area contributed by atoms with Crippen LogP contribution in [-0.4, -0.2) is 17.0 Å². The van der Waals surface area contributed by atoms with Crippen LogP contribution in [0.2, 0.25) is 10.0 Å². The Labute approximate surface area is 135 Å². The van der Waals surface area contributed by atoms with Crippen LogP contribution in [-0.2, 0) is 0 Å². The molecular weight excluding hydrogens is 333 g/mol. The third-order valence-corrected chi connectivity index (χ3v) is 4.67. The van der Waals surface area contributed by atoms with Crippen LogP contribution >= 0.6 is 34.5 Å². The van der Waals surface area contributed by atoms with Crippen molar-refractivity contribution < 1.29 is 14.7 Å². The number of anilines is 1. The van der Waals surface area contributed by atoms with Crippen LogP contribution in [0.3, 0.4) is 0 Å². The molecule has 1 aromatic carbocycles. The van der Waals surface area contributed by atoms with E-state index in [1.807, 2.05) is 0 Å². The lowest BCUT2D eigenvalue weighted by molar-refractivity contribution is 0.0697. The van der Waals surface area contributed by atoms with E-state index in [4.69, 9.17) is 23.2 Å². The number of amides is 1. The number of hydrogen-bond acceptors (Lipinski definition) is 3. The fourth-order valence-corrected chi connectivity index (χ4v) is 3.36. The number of carboxylic acid groups (broad SMARTS) is 1. The van der Waals surface area contributed by atoms with E-state index in [0.29, 0.717) is 15.6 Å². The van der Waals surface area contributed by atoms with Crippen molar-refractivity contribution in [2.45, 2.75) is 13.8 Å². The number of halogens is 2. The highest BCUT2D eigenvalue weighted by Crippen LogP contribution is 2.33. The first-order chi connectivity index (χ1) is 9.81. The first-order valence-electron chi connectivity index (χ1n) is 5.91. The van der Waals surface area contributed by atoms with Crippen LogP contribution < -0.4 is 5.32 Å². The Bertz CT molecular complexity index is 740. The molecule has 0 fully saturated rings. The maximum absolute atomic E-state index is 12.2. The number of nitrogens with one attached hydrogen (secondary N) is 1. The minimum Gasteiger partial charge on any atom is -0.478 e. The average molecular weight is 344 g/mol. The lowest BCUT2D eigenvalue weighted by Gasteiger charge is -2.06. The predicted molar refractivity (Wildman–Crippen MR) is 85.2 cm³/mol. The summed E-state index contributed by atoms with van der Waals surface area (Å²) in [7, 11) is 0. The maximum Gasteiger partial charge on any atom is 0.338 e. The number of hydrogen-bond donors (Lipinski definition) is 2. The third-order valence-electron chi connectivity index (χ3n) is 3.00. The van der Waals surface area contributed by atoms with Crippen molar-refractivity contribution >= 4 is 51.4 Å². The van der Waals surface area contributed by atoms with Gasteiger partial charge in [-0.3, -0.25) is 4.79 Å². The van der Waals surface area contributed by atoms with Crippen LogP contribution in [0.1, 0.15) is 31.2 Å². The van der Waals surface area contributed by atoms with E-state index in [2.05, 4.69) is 5.32 Å². The molecule has 0 atom stereocenters. The summed E-state index contributed by atoms with van der Waals surface area (Å²) in [4.78, 5) is 24.4. The summed E-state index contributed by atoms with van der Waals surface area (Å²) in [6.45, 7) is 3.51. The summed E-state index contributed by atoms with van der Waals surface area (Å²) in [6.07, 6.45) is 0. The summed E-state index contributed by atoms with van der Waals surface area (Å²) >= 11 is 13.0. The summed E-state index contributed by atoms with van der Waals surface area (Å²) in [5.74, 6) is -1.55. The highest BCUT2D eigenvalue weighted by molar-refractivity contribution is 7.16. The molecule has 0 radical (unpaired) electrons. The second-order valence-corrected chi connectivity index (χ2v) is 6.44. The van der Waals surface area contributed by atoms with Crippen molar-refractivity contribution in [1.29, 1.82) is 0 Å². The van der Waals surface area contributed by atoms with Gasteiger partial charge in [-0.25, -0.2) is 4.79 Å². The van der Waals surface area contributed by atoms with Gasteiger partial charge in [0.2, 0.25) is 0 Å². The molecule has 2 rings (SSSR count). The van der Waals surface area contributed by atoms with Crippen molar-refractivity contribution in [2.24, 2.45) is 0 Å². The van der Waals surface area contributed by atoms with Crippen LogP contribution in [0.15, 0.2) is 18.2 Å². The molecule has 2 aromatic rings. The van der Waals surface area contributed by atoms with E-state index < -0.39 is 11.9 Å². The number of carbonyl (C=O) groups is 2. The van der Waals surface area contributed by atoms with Gasteiger partial charge in [0.1, 0.15) is 5.00 Å². The Balaban J connectivity index is 2.36. The molecule has 0 aliphatic heterocycles. The molecule has 0 spiro atoms. The van der Waals surface area contributed by atoms with Crippen LogP contribution in [0.5, 0.6) is 0 Å². The zero-order valence-corrected chi connectivity index (χ0v) is 13.5. The highest BCUT2D eigenvalue weighted by atomic mass is 35.5. The first-order valence-corrected chi connectivity index (χ1v) is 7.48. The molecular formula is C14H11Cl2NO3S. The second-order valence-electron chi connectivity index (χ2n) is 4.37. The fourth-order valence-electron chi connectivity index (χ4n) is 1.82. The number of carbonyl (C=O) groups excluding carboxylic acids is 1. The van der Waals surface area contributed by atoms with Crippen LogP contribution in [0, 0.1) is 13.8 Å². The van der Waals surface area contributed by atoms with Gasteiger partial charge in [-0.15, -0.1) is 11.3 Å². The first kappa shape index (κ1) is 15.8. The van der Waals surface area contributed by atoms with Crippen LogP contribution in [0.4, 0.5) is 5.00 Å². The SMILES string of the molecule is Cc1sc(NC(=O)c2ccc(Cl)cc2Cl)c(C(=O)O)c1C. The molecule has 0 saturated heterocycles. The molecule has 2 N–H and O–H groups in total. The topological polar surface area (TPSA) is 66.4 Å². The van der Waals surface area contributed by atoms with Gasteiger partial charge in [0, 0.05) is 9.90 Å². The number of aromatic carboxylic acids is 1. The van der Waals surface area contributed by atoms with Crippen molar-refractivity contribution in [1.82, 2.24) is 0 Å². The molecule has 0 aliphatic rings. The number of carboxylic acids is 1. The fraction of sp³-hybridized carbons (Fsp3) is 0.143. The molecule has 110 valence electrons. The molecule has 1 aromatic heterocycles. The standard InChI is InChI=1S/C14H11Cl2NO3S/c1-6-7(2)21-13(11(6)14(19)20)17-12(18)9-4-3-8(15)5-10(9)16/h3-5H,1-2H3,(H,17,18)(H,19,20). The zero-order chi connectivity index (χ0) is 15.7. The molecule has 0 aliphatic carbocycles. The zero-order valence-electron chi connectivity index (χ0n) is 11.2. The largest absolute Gasteiger partial charge is 0.478 e. The quantitative estimate of drug-likeness (QED) is 0.854. The summed E-state index contributed by atoms with van der Waals surface area (Å²) < 4.78 is 0. The minimum absolute atomic E-state index is 0.107. The normalized spacial score (nSPS) is 10.5. The van der Waals surface area contributed by atoms with Crippen molar-refractivity contribution in [3.05, 3.63) is 49.8 Å². The van der Waals surface area contributed by atoms with E-state index in [9.17, 15) is 14.7 Å². The molecule has 0 bridgehead atoms. The van der Waals surface area contributed by atoms with Gasteiger partial charge in [0.05, 0.1) is 16.1 Å². The molecule has 21 heavy (non-hydrogen) atoms. The molecule has 7 heteroatoms. The van der Waals surface area contributed by atoms with E-state index in [1.165, 1.54) is 23.5 Å². The molecule has 0 unspecified atom stereocenters. The van der Waals surface area contributed by atoms with E-state index >= 15 is 0 Å². The Morgan fingerprint density at radius 1 is 1.24 bits per heavy atom. The summed E-state index contributed by atoms with van der Waals surface area (Å²) in [6, 6.07) is 4.50. The Morgan fingerprint density at radius 2 is 1.90 bits per heavy atom. The van der Waals surface area contributed by atoms with Gasteiger partial charge in [0.25, 0.3) is 5.91 Å². The predicted octanol–water partition coefficient (Wildman–Crippen LogP) is 4.62. The summed E-state index contributed by atoms with van der Waals surface area (Å²) in [5.41, 5.74) is 0.988. The minimum atomic E-state index is -1.07. The summed E-state index contributed by atoms with van der Waals surface area (Å²) in [5, 5.41) is 12.8. The Morgan fingerprint density at radius 3 is 2.48 bits per heavy atom.